The minimum atomic E-state index is -0.559. The Bertz CT molecular complexity index is 912. The van der Waals surface area contributed by atoms with E-state index in [-0.39, 0.29) is 22.2 Å². The summed E-state index contributed by atoms with van der Waals surface area (Å²) < 4.78 is 0. The molecule has 34 heavy (non-hydrogen) atoms. The highest BCUT2D eigenvalue weighted by molar-refractivity contribution is 5.71. The van der Waals surface area contributed by atoms with Crippen LogP contribution in [0.5, 0.6) is 0 Å². The molecule has 1 N–H and O–H groups in total. The molecule has 0 aromatic heterocycles. The van der Waals surface area contributed by atoms with Gasteiger partial charge in [0.25, 0.3) is 0 Å². The van der Waals surface area contributed by atoms with E-state index in [4.69, 9.17) is 0 Å². The van der Waals surface area contributed by atoms with E-state index >= 15 is 0 Å². The zero-order valence-corrected chi connectivity index (χ0v) is 23.7. The minimum Gasteiger partial charge on any atom is -0.481 e. The van der Waals surface area contributed by atoms with Crippen LogP contribution in [0.4, 0.5) is 0 Å². The van der Waals surface area contributed by atoms with E-state index in [1.807, 2.05) is 0 Å². The van der Waals surface area contributed by atoms with Gasteiger partial charge in [-0.3, -0.25) is 4.79 Å². The first-order valence-electron chi connectivity index (χ1n) is 14.5. The van der Waals surface area contributed by atoms with Gasteiger partial charge in [0, 0.05) is 0 Å². The molecule has 0 radical (unpaired) electrons. The third-order valence-electron chi connectivity index (χ3n) is 14.0. The Labute approximate surface area is 209 Å². The first kappa shape index (κ1) is 24.9. The van der Waals surface area contributed by atoms with Crippen molar-refractivity contribution in [3.8, 4) is 0 Å². The second kappa shape index (κ2) is 7.16. The van der Waals surface area contributed by atoms with Crippen LogP contribution in [-0.4, -0.2) is 11.1 Å². The maximum atomic E-state index is 12.5. The summed E-state index contributed by atoms with van der Waals surface area (Å²) in [7, 11) is 0. The van der Waals surface area contributed by atoms with Crippen LogP contribution in [0.1, 0.15) is 120 Å². The van der Waals surface area contributed by atoms with Gasteiger partial charge in [-0.15, -0.1) is 0 Å². The number of carbonyl (C=O) groups is 1. The molecule has 4 saturated carbocycles. The highest BCUT2D eigenvalue weighted by Crippen LogP contribution is 2.76. The SMILES string of the molecule is CC1CCC2(C)C(CCC3(C)C2CC=C2C4CC(C)(C)CC(C(=O)O)C4(C)CCC23C)C1(C)C. The third kappa shape index (κ3) is 2.95. The molecule has 9 unspecified atom stereocenters. The molecule has 0 aliphatic heterocycles. The van der Waals surface area contributed by atoms with Crippen molar-refractivity contribution in [2.75, 3.05) is 0 Å². The van der Waals surface area contributed by atoms with Crippen LogP contribution in [0.15, 0.2) is 11.6 Å². The van der Waals surface area contributed by atoms with E-state index in [0.29, 0.717) is 22.2 Å². The monoisotopic (exact) mass is 468 g/mol. The zero-order chi connectivity index (χ0) is 25.1. The fraction of sp³-hybridized carbons (Fsp3) is 0.906. The fourth-order valence-corrected chi connectivity index (χ4v) is 11.3. The number of hydrogen-bond acceptors (Lipinski definition) is 1. The average molecular weight is 469 g/mol. The van der Waals surface area contributed by atoms with E-state index in [1.54, 1.807) is 5.57 Å². The number of allylic oxidation sites excluding steroid dienone is 2. The van der Waals surface area contributed by atoms with Crippen LogP contribution in [-0.2, 0) is 4.79 Å². The Kier molecular flexibility index (Phi) is 5.24. The number of fused-ring (bicyclic) bond motifs is 7. The molecule has 0 aromatic carbocycles. The lowest BCUT2D eigenvalue weighted by molar-refractivity contribution is -0.195. The van der Waals surface area contributed by atoms with Crippen molar-refractivity contribution in [2.45, 2.75) is 120 Å². The van der Waals surface area contributed by atoms with Crippen molar-refractivity contribution in [1.82, 2.24) is 0 Å². The molecule has 0 amide bonds. The highest BCUT2D eigenvalue weighted by atomic mass is 16.4. The number of carboxylic acids is 1. The second-order valence-electron chi connectivity index (χ2n) is 16.1. The summed E-state index contributed by atoms with van der Waals surface area (Å²) in [4.78, 5) is 12.5. The first-order chi connectivity index (χ1) is 15.5. The maximum Gasteiger partial charge on any atom is 0.307 e. The molecule has 0 saturated heterocycles. The van der Waals surface area contributed by atoms with Crippen LogP contribution in [0.3, 0.4) is 0 Å². The van der Waals surface area contributed by atoms with Gasteiger partial charge in [-0.05, 0) is 114 Å². The molecule has 0 bridgehead atoms. The molecule has 2 nitrogen and oxygen atoms in total. The van der Waals surface area contributed by atoms with Crippen LogP contribution < -0.4 is 0 Å². The van der Waals surface area contributed by atoms with Crippen LogP contribution >= 0.6 is 0 Å². The quantitative estimate of drug-likeness (QED) is 0.390. The Morgan fingerprint density at radius 1 is 0.853 bits per heavy atom. The lowest BCUT2D eigenvalue weighted by Gasteiger charge is -2.72. The molecule has 5 rings (SSSR count). The largest absolute Gasteiger partial charge is 0.481 e. The Hall–Kier alpha value is -0.790. The molecule has 0 heterocycles. The van der Waals surface area contributed by atoms with Crippen molar-refractivity contribution >= 4 is 5.97 Å². The summed E-state index contributed by atoms with van der Waals surface area (Å²) in [6.07, 6.45) is 13.6. The van der Waals surface area contributed by atoms with Crippen molar-refractivity contribution < 1.29 is 9.90 Å². The zero-order valence-electron chi connectivity index (χ0n) is 23.7. The van der Waals surface area contributed by atoms with Gasteiger partial charge in [0.05, 0.1) is 5.92 Å². The molecular formula is C32H52O2. The van der Waals surface area contributed by atoms with Gasteiger partial charge in [-0.2, -0.15) is 0 Å². The summed E-state index contributed by atoms with van der Waals surface area (Å²) >= 11 is 0. The minimum absolute atomic E-state index is 0.0945. The summed E-state index contributed by atoms with van der Waals surface area (Å²) in [6.45, 7) is 22.6. The number of hydrogen-bond donors (Lipinski definition) is 1. The van der Waals surface area contributed by atoms with Crippen LogP contribution in [0, 0.1) is 62.1 Å². The van der Waals surface area contributed by atoms with E-state index < -0.39 is 5.97 Å². The molecule has 0 spiro atoms. The maximum absolute atomic E-state index is 12.5. The first-order valence-corrected chi connectivity index (χ1v) is 14.5. The van der Waals surface area contributed by atoms with Crippen molar-refractivity contribution in [2.24, 2.45) is 62.1 Å². The third-order valence-corrected chi connectivity index (χ3v) is 14.0. The molecule has 5 aliphatic carbocycles. The molecule has 192 valence electrons. The molecule has 4 fully saturated rings. The van der Waals surface area contributed by atoms with Crippen molar-refractivity contribution in [3.05, 3.63) is 11.6 Å². The van der Waals surface area contributed by atoms with Crippen molar-refractivity contribution in [3.63, 3.8) is 0 Å². The summed E-state index contributed by atoms with van der Waals surface area (Å²) in [5, 5.41) is 10.3. The average Bonchev–Trinajstić information content (AvgIpc) is 2.72. The van der Waals surface area contributed by atoms with Gasteiger partial charge in [0.15, 0.2) is 0 Å². The van der Waals surface area contributed by atoms with E-state index in [0.717, 1.165) is 37.0 Å². The lowest BCUT2D eigenvalue weighted by atomic mass is 9.33. The van der Waals surface area contributed by atoms with Crippen molar-refractivity contribution in [1.29, 1.82) is 0 Å². The lowest BCUT2D eigenvalue weighted by Crippen LogP contribution is -2.64. The van der Waals surface area contributed by atoms with Crippen LogP contribution in [0.25, 0.3) is 0 Å². The predicted molar refractivity (Wildman–Crippen MR) is 140 cm³/mol. The molecule has 9 atom stereocenters. The normalized spacial score (nSPS) is 53.4. The summed E-state index contributed by atoms with van der Waals surface area (Å²) in [5.74, 6) is 2.02. The number of carboxylic acid groups (broad SMARTS) is 1. The highest BCUT2D eigenvalue weighted by Gasteiger charge is 2.68. The number of rotatable bonds is 1. The Morgan fingerprint density at radius 2 is 1.53 bits per heavy atom. The predicted octanol–water partition coefficient (Wildman–Crippen LogP) is 8.75. The molecular weight excluding hydrogens is 416 g/mol. The smallest absolute Gasteiger partial charge is 0.307 e. The van der Waals surface area contributed by atoms with Gasteiger partial charge >= 0.3 is 5.97 Å². The van der Waals surface area contributed by atoms with E-state index in [2.05, 4.69) is 68.4 Å². The van der Waals surface area contributed by atoms with E-state index in [1.165, 1.54) is 38.5 Å². The number of aliphatic carboxylic acids is 1. The summed E-state index contributed by atoms with van der Waals surface area (Å²) in [6, 6.07) is 0. The van der Waals surface area contributed by atoms with Gasteiger partial charge in [0.1, 0.15) is 0 Å². The van der Waals surface area contributed by atoms with Gasteiger partial charge in [0.2, 0.25) is 0 Å². The molecule has 2 heteroatoms. The van der Waals surface area contributed by atoms with Gasteiger partial charge in [-0.1, -0.05) is 74.0 Å². The Morgan fingerprint density at radius 3 is 2.18 bits per heavy atom. The second-order valence-corrected chi connectivity index (χ2v) is 16.1. The molecule has 5 aliphatic rings. The van der Waals surface area contributed by atoms with Gasteiger partial charge < -0.3 is 5.11 Å². The molecule has 0 aromatic rings. The standard InChI is InChI=1S/C32H52O2/c1-20-12-14-30(7)24(28(20,4)5)13-15-32(9)25(30)11-10-21-22-18-27(2,3)19-23(26(33)34)29(22,6)16-17-31(21,32)8/h10,20,22-25H,11-19H2,1-9H3,(H,33,34). The van der Waals surface area contributed by atoms with E-state index in [9.17, 15) is 9.90 Å². The van der Waals surface area contributed by atoms with Crippen LogP contribution in [0.2, 0.25) is 0 Å². The topological polar surface area (TPSA) is 37.3 Å². The summed E-state index contributed by atoms with van der Waals surface area (Å²) in [5.41, 5.74) is 3.04. The fourth-order valence-electron chi connectivity index (χ4n) is 11.3. The Balaban J connectivity index is 1.59. The van der Waals surface area contributed by atoms with Gasteiger partial charge in [-0.25, -0.2) is 0 Å².